The van der Waals surface area contributed by atoms with Gasteiger partial charge in [-0.2, -0.15) is 0 Å². The van der Waals surface area contributed by atoms with E-state index in [0.29, 0.717) is 0 Å². The summed E-state index contributed by atoms with van der Waals surface area (Å²) in [4.78, 5) is 0. The maximum atomic E-state index is 5.42. The molecule has 0 aromatic heterocycles. The van der Waals surface area contributed by atoms with Crippen LogP contribution in [0.1, 0.15) is 24.1 Å². The second-order valence-electron chi connectivity index (χ2n) is 3.08. The topological polar surface area (TPSA) is 38.0 Å². The number of hydrogen-bond donors (Lipinski definition) is 2. The first-order valence-electron chi connectivity index (χ1n) is 4.07. The first-order valence-corrected chi connectivity index (χ1v) is 4.07. The van der Waals surface area contributed by atoms with Gasteiger partial charge in [0.15, 0.2) is 0 Å². The number of nitrogens with two attached hydrogens (primary N) is 1. The lowest BCUT2D eigenvalue weighted by atomic mass is 10.1. The van der Waals surface area contributed by atoms with Crippen LogP contribution in [0.5, 0.6) is 0 Å². The van der Waals surface area contributed by atoms with Crippen LogP contribution in [0.25, 0.3) is 5.57 Å². The number of hydrogen-bond acceptors (Lipinski definition) is 2. The van der Waals surface area contributed by atoms with E-state index in [1.54, 1.807) is 0 Å². The Balaban J connectivity index is 2.52. The van der Waals surface area contributed by atoms with Gasteiger partial charge in [-0.3, -0.25) is 5.84 Å². The summed E-state index contributed by atoms with van der Waals surface area (Å²) in [7, 11) is 0. The first kappa shape index (κ1) is 7.53. The molecular formula is C10H12N2. The highest BCUT2D eigenvalue weighted by atomic mass is 15.2. The molecule has 12 heavy (non-hydrogen) atoms. The van der Waals surface area contributed by atoms with Crippen LogP contribution in [-0.4, -0.2) is 0 Å². The zero-order chi connectivity index (χ0) is 8.55. The maximum Gasteiger partial charge on any atom is 0.0652 e. The standard InChI is InChI=1S/C10H12N2/c1-7-6-10(12-11)9-5-3-2-4-8(7)9/h2-6,10,12H,11H2,1H3. The van der Waals surface area contributed by atoms with Gasteiger partial charge in [0.1, 0.15) is 0 Å². The molecule has 0 heterocycles. The van der Waals surface area contributed by atoms with Gasteiger partial charge < -0.3 is 0 Å². The van der Waals surface area contributed by atoms with Gasteiger partial charge in [-0.15, -0.1) is 0 Å². The monoisotopic (exact) mass is 160 g/mol. The molecule has 1 atom stereocenters. The third-order valence-corrected chi connectivity index (χ3v) is 2.32. The van der Waals surface area contributed by atoms with Crippen molar-refractivity contribution >= 4 is 5.57 Å². The molecule has 1 aliphatic carbocycles. The molecule has 3 N–H and O–H groups in total. The molecule has 62 valence electrons. The van der Waals surface area contributed by atoms with E-state index < -0.39 is 0 Å². The van der Waals surface area contributed by atoms with Gasteiger partial charge >= 0.3 is 0 Å². The average molecular weight is 160 g/mol. The molecule has 0 aliphatic heterocycles. The van der Waals surface area contributed by atoms with Crippen LogP contribution in [0, 0.1) is 0 Å². The summed E-state index contributed by atoms with van der Waals surface area (Å²) < 4.78 is 0. The Morgan fingerprint density at radius 2 is 2.08 bits per heavy atom. The zero-order valence-corrected chi connectivity index (χ0v) is 7.04. The van der Waals surface area contributed by atoms with Crippen LogP contribution < -0.4 is 11.3 Å². The number of hydrazine groups is 1. The van der Waals surface area contributed by atoms with E-state index >= 15 is 0 Å². The van der Waals surface area contributed by atoms with Gasteiger partial charge in [0.05, 0.1) is 6.04 Å². The Kier molecular flexibility index (Phi) is 1.71. The van der Waals surface area contributed by atoms with Crippen molar-refractivity contribution in [1.82, 2.24) is 5.43 Å². The largest absolute Gasteiger partial charge is 0.271 e. The Morgan fingerprint density at radius 1 is 1.33 bits per heavy atom. The number of rotatable bonds is 1. The summed E-state index contributed by atoms with van der Waals surface area (Å²) >= 11 is 0. The molecule has 1 aliphatic rings. The third kappa shape index (κ3) is 0.967. The van der Waals surface area contributed by atoms with Crippen LogP contribution in [0.3, 0.4) is 0 Å². The number of nitrogens with one attached hydrogen (secondary N) is 1. The zero-order valence-electron chi connectivity index (χ0n) is 7.04. The predicted octanol–water partition coefficient (Wildman–Crippen LogP) is 1.61. The van der Waals surface area contributed by atoms with Crippen molar-refractivity contribution in [2.24, 2.45) is 5.84 Å². The van der Waals surface area contributed by atoms with Crippen molar-refractivity contribution < 1.29 is 0 Å². The molecule has 0 radical (unpaired) electrons. The SMILES string of the molecule is CC1=CC(NN)c2ccccc21. The van der Waals surface area contributed by atoms with E-state index in [2.05, 4.69) is 36.6 Å². The fourth-order valence-electron chi connectivity index (χ4n) is 1.69. The molecule has 1 unspecified atom stereocenters. The third-order valence-electron chi connectivity index (χ3n) is 2.32. The Labute approximate surface area is 72.1 Å². The molecule has 0 amide bonds. The first-order chi connectivity index (χ1) is 5.83. The normalized spacial score (nSPS) is 20.5. The molecule has 0 saturated heterocycles. The van der Waals surface area contributed by atoms with Crippen molar-refractivity contribution in [2.45, 2.75) is 13.0 Å². The molecule has 0 bridgehead atoms. The lowest BCUT2D eigenvalue weighted by molar-refractivity contribution is 0.663. The van der Waals surface area contributed by atoms with Crippen molar-refractivity contribution in [1.29, 1.82) is 0 Å². The molecule has 0 fully saturated rings. The Morgan fingerprint density at radius 3 is 2.83 bits per heavy atom. The summed E-state index contributed by atoms with van der Waals surface area (Å²) in [6.45, 7) is 2.11. The molecule has 2 heteroatoms. The van der Waals surface area contributed by atoms with Crippen LogP contribution >= 0.6 is 0 Å². The van der Waals surface area contributed by atoms with E-state index in [4.69, 9.17) is 5.84 Å². The summed E-state index contributed by atoms with van der Waals surface area (Å²) in [6, 6.07) is 8.51. The highest BCUT2D eigenvalue weighted by Crippen LogP contribution is 2.32. The van der Waals surface area contributed by atoms with Crippen molar-refractivity contribution in [3.8, 4) is 0 Å². The Hall–Kier alpha value is -1.12. The van der Waals surface area contributed by atoms with E-state index in [0.717, 1.165) is 0 Å². The summed E-state index contributed by atoms with van der Waals surface area (Å²) in [5.74, 6) is 5.42. The molecule has 1 aromatic carbocycles. The highest BCUT2D eigenvalue weighted by molar-refractivity contribution is 5.72. The summed E-state index contributed by atoms with van der Waals surface area (Å²) in [6.07, 6.45) is 2.14. The molecule has 2 nitrogen and oxygen atoms in total. The molecule has 0 spiro atoms. The van der Waals surface area contributed by atoms with Crippen molar-refractivity contribution in [3.05, 3.63) is 41.5 Å². The summed E-state index contributed by atoms with van der Waals surface area (Å²) in [5, 5.41) is 0. The van der Waals surface area contributed by atoms with E-state index in [-0.39, 0.29) is 6.04 Å². The number of benzene rings is 1. The van der Waals surface area contributed by atoms with E-state index in [1.807, 2.05) is 6.07 Å². The van der Waals surface area contributed by atoms with Gasteiger partial charge in [0.2, 0.25) is 0 Å². The van der Waals surface area contributed by atoms with Gasteiger partial charge in [-0.05, 0) is 23.6 Å². The van der Waals surface area contributed by atoms with Crippen LogP contribution in [0.15, 0.2) is 30.3 Å². The smallest absolute Gasteiger partial charge is 0.0652 e. The summed E-state index contributed by atoms with van der Waals surface area (Å²) in [5.41, 5.74) is 6.66. The van der Waals surface area contributed by atoms with E-state index in [9.17, 15) is 0 Å². The molecular weight excluding hydrogens is 148 g/mol. The number of allylic oxidation sites excluding steroid dienone is 1. The van der Waals surface area contributed by atoms with Crippen LogP contribution in [-0.2, 0) is 0 Å². The van der Waals surface area contributed by atoms with Crippen LogP contribution in [0.4, 0.5) is 0 Å². The van der Waals surface area contributed by atoms with Gasteiger partial charge in [0.25, 0.3) is 0 Å². The quantitative estimate of drug-likeness (QED) is 0.484. The van der Waals surface area contributed by atoms with Gasteiger partial charge in [-0.25, -0.2) is 5.43 Å². The fraction of sp³-hybridized carbons (Fsp3) is 0.200. The minimum absolute atomic E-state index is 0.196. The highest BCUT2D eigenvalue weighted by Gasteiger charge is 2.18. The van der Waals surface area contributed by atoms with Crippen LogP contribution in [0.2, 0.25) is 0 Å². The second-order valence-corrected chi connectivity index (χ2v) is 3.08. The predicted molar refractivity (Wildman–Crippen MR) is 50.2 cm³/mol. The van der Waals surface area contributed by atoms with E-state index in [1.165, 1.54) is 16.7 Å². The van der Waals surface area contributed by atoms with Gasteiger partial charge in [-0.1, -0.05) is 30.3 Å². The maximum absolute atomic E-state index is 5.42. The average Bonchev–Trinajstić information content (AvgIpc) is 2.44. The minimum Gasteiger partial charge on any atom is -0.271 e. The Bertz CT molecular complexity index is 328. The number of fused-ring (bicyclic) bond motifs is 1. The minimum atomic E-state index is 0.196. The second kappa shape index (κ2) is 2.73. The molecule has 1 aromatic rings. The fourth-order valence-corrected chi connectivity index (χ4v) is 1.69. The lowest BCUT2D eigenvalue weighted by Crippen LogP contribution is -2.25. The lowest BCUT2D eigenvalue weighted by Gasteiger charge is -2.07. The van der Waals surface area contributed by atoms with Gasteiger partial charge in [0, 0.05) is 0 Å². The van der Waals surface area contributed by atoms with Crippen molar-refractivity contribution in [2.75, 3.05) is 0 Å². The van der Waals surface area contributed by atoms with Crippen molar-refractivity contribution in [3.63, 3.8) is 0 Å². The molecule has 0 saturated carbocycles. The molecule has 2 rings (SSSR count).